The molecule has 0 atom stereocenters. The number of halogens is 1. The summed E-state index contributed by atoms with van der Waals surface area (Å²) < 4.78 is 3.19. The summed E-state index contributed by atoms with van der Waals surface area (Å²) in [5, 5.41) is 8.54. The Balaban J connectivity index is 1.86. The molecule has 2 heterocycles. The first-order valence-corrected chi connectivity index (χ1v) is 7.11. The molecule has 0 N–H and O–H groups in total. The molecule has 1 fully saturated rings. The predicted molar refractivity (Wildman–Crippen MR) is 71.0 cm³/mol. The number of aromatic nitrogens is 3. The standard InChI is InChI=1S/C13H16BrN3/c14-11-6-7-12-15-16-13(17(12)9-11)8-10-4-2-1-3-5-10/h6-7,9-10H,1-5,8H2. The highest BCUT2D eigenvalue weighted by Gasteiger charge is 2.16. The zero-order valence-electron chi connectivity index (χ0n) is 9.77. The van der Waals surface area contributed by atoms with Crippen LogP contribution in [0.3, 0.4) is 0 Å². The third kappa shape index (κ3) is 2.37. The van der Waals surface area contributed by atoms with E-state index in [1.54, 1.807) is 0 Å². The maximum Gasteiger partial charge on any atom is 0.160 e. The van der Waals surface area contributed by atoms with Gasteiger partial charge in [0.1, 0.15) is 5.82 Å². The molecule has 1 aliphatic rings. The summed E-state index contributed by atoms with van der Waals surface area (Å²) in [6, 6.07) is 4.01. The molecule has 0 amide bonds. The number of nitrogens with zero attached hydrogens (tertiary/aromatic N) is 3. The van der Waals surface area contributed by atoms with Crippen molar-refractivity contribution in [2.24, 2.45) is 5.92 Å². The molecule has 2 aromatic heterocycles. The van der Waals surface area contributed by atoms with Gasteiger partial charge in [0.15, 0.2) is 5.65 Å². The van der Waals surface area contributed by atoms with Crippen LogP contribution in [-0.4, -0.2) is 14.6 Å². The second-order valence-electron chi connectivity index (χ2n) is 4.90. The Hall–Kier alpha value is -0.900. The maximum atomic E-state index is 4.32. The molecule has 4 heteroatoms. The molecule has 0 aromatic carbocycles. The molecule has 0 bridgehead atoms. The molecular weight excluding hydrogens is 278 g/mol. The van der Waals surface area contributed by atoms with Crippen molar-refractivity contribution in [2.45, 2.75) is 38.5 Å². The van der Waals surface area contributed by atoms with Gasteiger partial charge < -0.3 is 0 Å². The molecule has 1 aliphatic carbocycles. The average molecular weight is 294 g/mol. The molecule has 3 nitrogen and oxygen atoms in total. The maximum absolute atomic E-state index is 4.32. The Morgan fingerprint density at radius 2 is 2.00 bits per heavy atom. The first kappa shape index (κ1) is 11.2. The second-order valence-corrected chi connectivity index (χ2v) is 5.82. The van der Waals surface area contributed by atoms with Gasteiger partial charge in [-0.15, -0.1) is 10.2 Å². The molecule has 1 saturated carbocycles. The van der Waals surface area contributed by atoms with Crippen molar-refractivity contribution in [2.75, 3.05) is 0 Å². The fourth-order valence-electron chi connectivity index (χ4n) is 2.70. The second kappa shape index (κ2) is 4.77. The van der Waals surface area contributed by atoms with Crippen LogP contribution in [-0.2, 0) is 6.42 Å². The highest BCUT2D eigenvalue weighted by Crippen LogP contribution is 2.26. The van der Waals surface area contributed by atoms with Gasteiger partial charge in [-0.25, -0.2) is 0 Å². The lowest BCUT2D eigenvalue weighted by atomic mass is 9.87. The van der Waals surface area contributed by atoms with Crippen LogP contribution in [0.1, 0.15) is 37.9 Å². The van der Waals surface area contributed by atoms with E-state index in [0.717, 1.165) is 28.3 Å². The zero-order valence-corrected chi connectivity index (χ0v) is 11.4. The number of hydrogen-bond acceptors (Lipinski definition) is 2. The van der Waals surface area contributed by atoms with Gasteiger partial charge in [-0.2, -0.15) is 0 Å². The van der Waals surface area contributed by atoms with E-state index >= 15 is 0 Å². The van der Waals surface area contributed by atoms with Crippen LogP contribution in [0.2, 0.25) is 0 Å². The summed E-state index contributed by atoms with van der Waals surface area (Å²) in [4.78, 5) is 0. The summed E-state index contributed by atoms with van der Waals surface area (Å²) >= 11 is 3.50. The highest BCUT2D eigenvalue weighted by atomic mass is 79.9. The summed E-state index contributed by atoms with van der Waals surface area (Å²) in [5.74, 6) is 1.91. The third-order valence-corrected chi connectivity index (χ3v) is 4.10. The lowest BCUT2D eigenvalue weighted by molar-refractivity contribution is 0.351. The molecule has 17 heavy (non-hydrogen) atoms. The van der Waals surface area contributed by atoms with Gasteiger partial charge in [-0.05, 0) is 34.0 Å². The lowest BCUT2D eigenvalue weighted by Crippen LogP contribution is -2.11. The Morgan fingerprint density at radius 1 is 1.18 bits per heavy atom. The van der Waals surface area contributed by atoms with Crippen LogP contribution in [0.4, 0.5) is 0 Å². The zero-order chi connectivity index (χ0) is 11.7. The smallest absolute Gasteiger partial charge is 0.160 e. The summed E-state index contributed by atoms with van der Waals surface area (Å²) in [7, 11) is 0. The van der Waals surface area contributed by atoms with Crippen LogP contribution in [0.5, 0.6) is 0 Å². The van der Waals surface area contributed by atoms with Crippen molar-refractivity contribution in [3.8, 4) is 0 Å². The fraction of sp³-hybridized carbons (Fsp3) is 0.538. The minimum Gasteiger partial charge on any atom is -0.285 e. The van der Waals surface area contributed by atoms with Crippen LogP contribution in [0, 0.1) is 5.92 Å². The van der Waals surface area contributed by atoms with Crippen molar-refractivity contribution >= 4 is 21.6 Å². The van der Waals surface area contributed by atoms with Crippen LogP contribution < -0.4 is 0 Å². The number of hydrogen-bond donors (Lipinski definition) is 0. The minimum absolute atomic E-state index is 0.801. The topological polar surface area (TPSA) is 30.2 Å². The van der Waals surface area contributed by atoms with Crippen molar-refractivity contribution in [3.05, 3.63) is 28.6 Å². The van der Waals surface area contributed by atoms with Gasteiger partial charge in [0.2, 0.25) is 0 Å². The molecule has 0 unspecified atom stereocenters. The van der Waals surface area contributed by atoms with Gasteiger partial charge >= 0.3 is 0 Å². The summed E-state index contributed by atoms with van der Waals surface area (Å²) in [6.07, 6.45) is 10.00. The summed E-state index contributed by atoms with van der Waals surface area (Å²) in [6.45, 7) is 0. The van der Waals surface area contributed by atoms with Gasteiger partial charge in [0.25, 0.3) is 0 Å². The fourth-order valence-corrected chi connectivity index (χ4v) is 3.04. The van der Waals surface area contributed by atoms with Gasteiger partial charge in [0.05, 0.1) is 0 Å². The predicted octanol–water partition coefficient (Wildman–Crippen LogP) is 3.61. The monoisotopic (exact) mass is 293 g/mol. The van der Waals surface area contributed by atoms with Gasteiger partial charge in [-0.1, -0.05) is 32.1 Å². The van der Waals surface area contributed by atoms with E-state index in [2.05, 4.69) is 36.7 Å². The summed E-state index contributed by atoms with van der Waals surface area (Å²) in [5.41, 5.74) is 0.944. The molecule has 0 saturated heterocycles. The first-order valence-electron chi connectivity index (χ1n) is 6.32. The molecule has 90 valence electrons. The Labute approximate surface area is 109 Å². The van der Waals surface area contributed by atoms with E-state index < -0.39 is 0 Å². The molecule has 3 rings (SSSR count). The molecule has 0 spiro atoms. The van der Waals surface area contributed by atoms with Crippen LogP contribution in [0.15, 0.2) is 22.8 Å². The minimum atomic E-state index is 0.801. The number of pyridine rings is 1. The van der Waals surface area contributed by atoms with Gasteiger partial charge in [-0.3, -0.25) is 4.40 Å². The van der Waals surface area contributed by atoms with Crippen LogP contribution >= 0.6 is 15.9 Å². The van der Waals surface area contributed by atoms with Crippen molar-refractivity contribution in [1.82, 2.24) is 14.6 Å². The third-order valence-electron chi connectivity index (χ3n) is 3.63. The normalized spacial score (nSPS) is 17.7. The van der Waals surface area contributed by atoms with Gasteiger partial charge in [0, 0.05) is 17.1 Å². The van der Waals surface area contributed by atoms with Crippen molar-refractivity contribution in [1.29, 1.82) is 0 Å². The Kier molecular flexibility index (Phi) is 3.14. The van der Waals surface area contributed by atoms with Crippen LogP contribution in [0.25, 0.3) is 5.65 Å². The lowest BCUT2D eigenvalue weighted by Gasteiger charge is -2.20. The van der Waals surface area contributed by atoms with E-state index in [4.69, 9.17) is 0 Å². The molecule has 0 radical (unpaired) electrons. The molecule has 2 aromatic rings. The quantitative estimate of drug-likeness (QED) is 0.847. The highest BCUT2D eigenvalue weighted by molar-refractivity contribution is 9.10. The van der Waals surface area contributed by atoms with E-state index in [-0.39, 0.29) is 0 Å². The number of fused-ring (bicyclic) bond motifs is 1. The first-order chi connectivity index (χ1) is 8.33. The Morgan fingerprint density at radius 3 is 2.82 bits per heavy atom. The number of rotatable bonds is 2. The Bertz CT molecular complexity index is 514. The van der Waals surface area contributed by atoms with Crippen molar-refractivity contribution in [3.63, 3.8) is 0 Å². The SMILES string of the molecule is Brc1ccc2nnc(CC3CCCCC3)n2c1. The molecular formula is C13H16BrN3. The average Bonchev–Trinajstić information content (AvgIpc) is 2.73. The molecule has 0 aliphatic heterocycles. The van der Waals surface area contributed by atoms with E-state index in [1.165, 1.54) is 32.1 Å². The largest absolute Gasteiger partial charge is 0.285 e. The van der Waals surface area contributed by atoms with Crippen molar-refractivity contribution < 1.29 is 0 Å². The van der Waals surface area contributed by atoms with E-state index in [1.807, 2.05) is 12.1 Å². The van der Waals surface area contributed by atoms with E-state index in [9.17, 15) is 0 Å². The van der Waals surface area contributed by atoms with E-state index in [0.29, 0.717) is 0 Å².